The zero-order valence-corrected chi connectivity index (χ0v) is 22.9. The number of allylic oxidation sites excluding steroid dienone is 2. The second-order valence-electron chi connectivity index (χ2n) is 9.67. The van der Waals surface area contributed by atoms with E-state index in [-0.39, 0.29) is 30.4 Å². The van der Waals surface area contributed by atoms with Gasteiger partial charge in [-0.25, -0.2) is 10.9 Å². The molecule has 10 heteroatoms. The molecule has 3 aromatic carbocycles. The molecule has 10 nitrogen and oxygen atoms in total. The van der Waals surface area contributed by atoms with Gasteiger partial charge in [0.25, 0.3) is 11.8 Å². The second kappa shape index (κ2) is 15.1. The smallest absolute Gasteiger partial charge is 0.306 e. The van der Waals surface area contributed by atoms with Crippen LogP contribution in [0.25, 0.3) is 0 Å². The van der Waals surface area contributed by atoms with E-state index in [2.05, 4.69) is 10.5 Å². The molecule has 1 aliphatic rings. The Morgan fingerprint density at radius 1 is 0.881 bits per heavy atom. The number of rotatable bonds is 7. The minimum atomic E-state index is -0.674. The lowest BCUT2D eigenvalue weighted by molar-refractivity contribution is -0.152. The van der Waals surface area contributed by atoms with Crippen molar-refractivity contribution in [1.82, 2.24) is 15.8 Å². The number of amides is 3. The van der Waals surface area contributed by atoms with Gasteiger partial charge in [0.05, 0.1) is 12.8 Å². The van der Waals surface area contributed by atoms with Crippen LogP contribution in [0.2, 0.25) is 0 Å². The number of benzene rings is 3. The van der Waals surface area contributed by atoms with Gasteiger partial charge in [-0.3, -0.25) is 24.4 Å². The first kappa shape index (κ1) is 29.9. The Balaban J connectivity index is 1.41. The first-order chi connectivity index (χ1) is 20.4. The van der Waals surface area contributed by atoms with Crippen molar-refractivity contribution >= 4 is 29.9 Å². The summed E-state index contributed by atoms with van der Waals surface area (Å²) in [6.45, 7) is 0.571. The highest BCUT2D eigenvalue weighted by atomic mass is 16.5. The molecule has 1 heterocycles. The number of hydrogen-bond acceptors (Lipinski definition) is 7. The molecule has 3 N–H and O–H groups in total. The number of carbonyl (C=O) groups excluding carboxylic acids is 4. The van der Waals surface area contributed by atoms with E-state index >= 15 is 0 Å². The van der Waals surface area contributed by atoms with E-state index in [0.717, 1.165) is 16.7 Å². The van der Waals surface area contributed by atoms with Crippen LogP contribution >= 0.6 is 0 Å². The fourth-order valence-corrected chi connectivity index (χ4v) is 4.35. The van der Waals surface area contributed by atoms with E-state index in [1.165, 1.54) is 36.0 Å². The predicted octanol–water partition coefficient (Wildman–Crippen LogP) is 4.31. The SMILES string of the molecule is O=C1CC/C=C/CCC(=O)N(Cc2ccc(/C=N/NC(=O)c3ccc(C(=O)NO)cc3)cc2)C[C@H](c2ccccc2)O1. The molecule has 1 atom stereocenters. The Bertz CT molecular complexity index is 1440. The van der Waals surface area contributed by atoms with Gasteiger partial charge >= 0.3 is 5.97 Å². The second-order valence-corrected chi connectivity index (χ2v) is 9.67. The van der Waals surface area contributed by atoms with E-state index in [9.17, 15) is 19.2 Å². The van der Waals surface area contributed by atoms with Crippen LogP contribution in [0.1, 0.15) is 69.2 Å². The lowest BCUT2D eigenvalue weighted by atomic mass is 10.1. The van der Waals surface area contributed by atoms with Gasteiger partial charge in [-0.15, -0.1) is 0 Å². The van der Waals surface area contributed by atoms with Crippen molar-refractivity contribution in [2.45, 2.75) is 38.3 Å². The minimum Gasteiger partial charge on any atom is -0.456 e. The van der Waals surface area contributed by atoms with Gasteiger partial charge in [0, 0.05) is 30.5 Å². The van der Waals surface area contributed by atoms with Gasteiger partial charge in [-0.05, 0) is 53.8 Å². The standard InChI is InChI=1S/C32H32N4O6/c37-29-10-6-1-2-7-11-30(38)42-28(25-8-4-3-5-9-25)22-36(29)21-24-14-12-23(13-15-24)20-33-34-31(39)26-16-18-27(19-17-26)32(40)35-41/h1-5,8-9,12-20,28,41H,6-7,10-11,21-22H2,(H,34,39)(H,35,40)/b2-1+,33-20+/t28-/m1/s1. The number of hydroxylamine groups is 1. The lowest BCUT2D eigenvalue weighted by Gasteiger charge is -2.28. The molecule has 3 amide bonds. The molecule has 0 saturated heterocycles. The minimum absolute atomic E-state index is 0.0319. The van der Waals surface area contributed by atoms with Crippen LogP contribution in [0.4, 0.5) is 0 Å². The fourth-order valence-electron chi connectivity index (χ4n) is 4.35. The average Bonchev–Trinajstić information content (AvgIpc) is 3.02. The Hall–Kier alpha value is -5.09. The van der Waals surface area contributed by atoms with Crippen molar-refractivity contribution in [2.75, 3.05) is 6.54 Å². The number of hydrazone groups is 1. The van der Waals surface area contributed by atoms with Gasteiger partial charge in [0.2, 0.25) is 5.91 Å². The van der Waals surface area contributed by atoms with Gasteiger partial charge in [-0.1, -0.05) is 66.7 Å². The summed E-state index contributed by atoms with van der Waals surface area (Å²) in [6.07, 6.45) is 6.57. The maximum absolute atomic E-state index is 13.2. The molecular formula is C32H32N4O6. The van der Waals surface area contributed by atoms with Crippen LogP contribution < -0.4 is 10.9 Å². The van der Waals surface area contributed by atoms with Crippen molar-refractivity contribution < 1.29 is 29.1 Å². The zero-order valence-electron chi connectivity index (χ0n) is 22.9. The van der Waals surface area contributed by atoms with Crippen LogP contribution in [0.3, 0.4) is 0 Å². The molecule has 0 aliphatic carbocycles. The summed E-state index contributed by atoms with van der Waals surface area (Å²) in [5, 5.41) is 12.7. The molecule has 1 aliphatic heterocycles. The topological polar surface area (TPSA) is 137 Å². The Morgan fingerprint density at radius 2 is 1.52 bits per heavy atom. The highest BCUT2D eigenvalue weighted by molar-refractivity contribution is 5.97. The fraction of sp³-hybridized carbons (Fsp3) is 0.219. The molecule has 0 fully saturated rings. The number of carbonyl (C=O) groups is 4. The maximum Gasteiger partial charge on any atom is 0.306 e. The summed E-state index contributed by atoms with van der Waals surface area (Å²) in [7, 11) is 0. The molecule has 4 rings (SSSR count). The molecule has 3 aromatic rings. The number of esters is 1. The number of ether oxygens (including phenoxy) is 1. The van der Waals surface area contributed by atoms with E-state index in [0.29, 0.717) is 31.4 Å². The van der Waals surface area contributed by atoms with Gasteiger partial charge in [0.15, 0.2) is 0 Å². The molecule has 0 radical (unpaired) electrons. The molecule has 0 spiro atoms. The van der Waals surface area contributed by atoms with Crippen molar-refractivity contribution in [3.8, 4) is 0 Å². The van der Waals surface area contributed by atoms with Crippen LogP contribution in [0.5, 0.6) is 0 Å². The lowest BCUT2D eigenvalue weighted by Crippen LogP contribution is -2.35. The van der Waals surface area contributed by atoms with Crippen molar-refractivity contribution in [3.63, 3.8) is 0 Å². The van der Waals surface area contributed by atoms with Gasteiger partial charge < -0.3 is 9.64 Å². The van der Waals surface area contributed by atoms with Crippen LogP contribution in [0.15, 0.2) is 96.1 Å². The third-order valence-electron chi connectivity index (χ3n) is 6.63. The third-order valence-corrected chi connectivity index (χ3v) is 6.63. The summed E-state index contributed by atoms with van der Waals surface area (Å²) in [5.74, 6) is -1.47. The van der Waals surface area contributed by atoms with Crippen LogP contribution in [-0.4, -0.2) is 46.6 Å². The first-order valence-corrected chi connectivity index (χ1v) is 13.6. The van der Waals surface area contributed by atoms with Crippen LogP contribution in [-0.2, 0) is 20.9 Å². The Kier molecular flexibility index (Phi) is 10.7. The maximum atomic E-state index is 13.2. The van der Waals surface area contributed by atoms with E-state index in [1.54, 1.807) is 4.90 Å². The molecule has 0 saturated carbocycles. The summed E-state index contributed by atoms with van der Waals surface area (Å²) >= 11 is 0. The molecule has 0 unspecified atom stereocenters. The third kappa shape index (κ3) is 8.70. The monoisotopic (exact) mass is 568 g/mol. The summed E-state index contributed by atoms with van der Waals surface area (Å²) in [4.78, 5) is 51.2. The number of nitrogens with zero attached hydrogens (tertiary/aromatic N) is 2. The van der Waals surface area contributed by atoms with Crippen molar-refractivity contribution in [3.05, 3.63) is 119 Å². The van der Waals surface area contributed by atoms with E-state index in [1.807, 2.05) is 66.7 Å². The predicted molar refractivity (Wildman–Crippen MR) is 155 cm³/mol. The van der Waals surface area contributed by atoms with Crippen molar-refractivity contribution in [1.29, 1.82) is 0 Å². The van der Waals surface area contributed by atoms with E-state index in [4.69, 9.17) is 9.94 Å². The summed E-state index contributed by atoms with van der Waals surface area (Å²) < 4.78 is 5.82. The number of nitrogens with one attached hydrogen (secondary N) is 2. The summed E-state index contributed by atoms with van der Waals surface area (Å²) in [5.41, 5.74) is 6.92. The number of cyclic esters (lactones) is 1. The highest BCUT2D eigenvalue weighted by Crippen LogP contribution is 2.22. The first-order valence-electron chi connectivity index (χ1n) is 13.6. The molecule has 0 aromatic heterocycles. The highest BCUT2D eigenvalue weighted by Gasteiger charge is 2.24. The van der Waals surface area contributed by atoms with Gasteiger partial charge in [-0.2, -0.15) is 5.10 Å². The summed E-state index contributed by atoms with van der Waals surface area (Å²) in [6, 6.07) is 22.6. The zero-order chi connectivity index (χ0) is 29.7. The molecule has 42 heavy (non-hydrogen) atoms. The normalized spacial score (nSPS) is 17.1. The Morgan fingerprint density at radius 3 is 2.19 bits per heavy atom. The number of hydrogen-bond donors (Lipinski definition) is 3. The molecule has 0 bridgehead atoms. The van der Waals surface area contributed by atoms with Crippen molar-refractivity contribution in [2.24, 2.45) is 5.10 Å². The molecule has 216 valence electrons. The molecular weight excluding hydrogens is 536 g/mol. The largest absolute Gasteiger partial charge is 0.456 e. The Labute approximate surface area is 243 Å². The van der Waals surface area contributed by atoms with Gasteiger partial charge in [0.1, 0.15) is 6.10 Å². The van der Waals surface area contributed by atoms with E-state index < -0.39 is 17.9 Å². The average molecular weight is 569 g/mol. The van der Waals surface area contributed by atoms with Crippen LogP contribution in [0, 0.1) is 0 Å². The quantitative estimate of drug-likeness (QED) is 0.128.